The summed E-state index contributed by atoms with van der Waals surface area (Å²) >= 11 is 0. The maximum atomic E-state index is 11.7. The third kappa shape index (κ3) is 6.92. The van der Waals surface area contributed by atoms with Gasteiger partial charge >= 0.3 is 6.09 Å². The minimum Gasteiger partial charge on any atom is -0.475 e. The fraction of sp³-hybridized carbons (Fsp3) is 0.571. The molecule has 2 N–H and O–H groups in total. The van der Waals surface area contributed by atoms with Crippen LogP contribution in [0.4, 0.5) is 10.5 Å². The van der Waals surface area contributed by atoms with Crippen molar-refractivity contribution < 1.29 is 24.1 Å². The molecule has 0 aliphatic heterocycles. The maximum absolute atomic E-state index is 11.7. The molecule has 7 heteroatoms. The lowest BCUT2D eigenvalue weighted by Gasteiger charge is -2.20. The van der Waals surface area contributed by atoms with Crippen LogP contribution in [0.25, 0.3) is 0 Å². The number of ether oxygens (including phenoxy) is 3. The number of hydrogen-bond acceptors (Lipinski definition) is 6. The van der Waals surface area contributed by atoms with E-state index in [0.29, 0.717) is 30.5 Å². The number of carbonyl (C=O) groups is 1. The summed E-state index contributed by atoms with van der Waals surface area (Å²) in [6, 6.07) is 3.10. The Morgan fingerprint density at radius 1 is 1.33 bits per heavy atom. The fourth-order valence-corrected chi connectivity index (χ4v) is 1.44. The van der Waals surface area contributed by atoms with Crippen LogP contribution in [0.5, 0.6) is 5.88 Å². The van der Waals surface area contributed by atoms with Crippen LogP contribution in [0, 0.1) is 0 Å². The van der Waals surface area contributed by atoms with E-state index in [4.69, 9.17) is 14.2 Å². The van der Waals surface area contributed by atoms with E-state index in [1.807, 2.05) is 0 Å². The lowest BCUT2D eigenvalue weighted by atomic mass is 10.2. The van der Waals surface area contributed by atoms with Crippen molar-refractivity contribution in [1.82, 2.24) is 4.98 Å². The molecule has 1 rings (SSSR count). The average molecular weight is 298 g/mol. The van der Waals surface area contributed by atoms with E-state index in [0.717, 1.165) is 0 Å². The minimum atomic E-state index is -0.589. The third-order valence-electron chi connectivity index (χ3n) is 2.20. The molecule has 7 nitrogen and oxygen atoms in total. The number of rotatable bonds is 6. The summed E-state index contributed by atoms with van der Waals surface area (Å²) in [5.74, 6) is 0.296. The van der Waals surface area contributed by atoms with Crippen LogP contribution in [0.2, 0.25) is 0 Å². The average Bonchev–Trinajstić information content (AvgIpc) is 2.36. The Bertz CT molecular complexity index is 471. The molecule has 1 amide bonds. The van der Waals surface area contributed by atoms with Crippen LogP contribution in [0.1, 0.15) is 26.5 Å². The van der Waals surface area contributed by atoms with Gasteiger partial charge in [0.15, 0.2) is 0 Å². The molecule has 118 valence electrons. The van der Waals surface area contributed by atoms with E-state index in [2.05, 4.69) is 10.3 Å². The molecule has 0 aliphatic carbocycles. The van der Waals surface area contributed by atoms with Crippen molar-refractivity contribution in [2.75, 3.05) is 25.6 Å². The van der Waals surface area contributed by atoms with Crippen LogP contribution in [-0.4, -0.2) is 42.1 Å². The molecular weight excluding hydrogens is 276 g/mol. The Hall–Kier alpha value is -1.86. The third-order valence-corrected chi connectivity index (χ3v) is 2.20. The van der Waals surface area contributed by atoms with Crippen molar-refractivity contribution in [3.8, 4) is 5.88 Å². The van der Waals surface area contributed by atoms with E-state index in [-0.39, 0.29) is 6.61 Å². The lowest BCUT2D eigenvalue weighted by Crippen LogP contribution is -2.27. The summed E-state index contributed by atoms with van der Waals surface area (Å²) in [5, 5.41) is 11.8. The first-order valence-electron chi connectivity index (χ1n) is 6.57. The van der Waals surface area contributed by atoms with Gasteiger partial charge in [0.05, 0.1) is 24.6 Å². The Morgan fingerprint density at radius 3 is 2.62 bits per heavy atom. The summed E-state index contributed by atoms with van der Waals surface area (Å²) in [7, 11) is 1.57. The molecule has 21 heavy (non-hydrogen) atoms. The Balaban J connectivity index is 2.76. The monoisotopic (exact) mass is 298 g/mol. The van der Waals surface area contributed by atoms with Gasteiger partial charge in [-0.05, 0) is 26.8 Å². The summed E-state index contributed by atoms with van der Waals surface area (Å²) in [5.41, 5.74) is 0.237. The number of anilines is 1. The van der Waals surface area contributed by atoms with Gasteiger partial charge < -0.3 is 19.3 Å². The second kappa shape index (κ2) is 7.80. The quantitative estimate of drug-likeness (QED) is 0.780. The number of methoxy groups -OCH3 is 1. The Morgan fingerprint density at radius 2 is 2.05 bits per heavy atom. The van der Waals surface area contributed by atoms with E-state index in [1.54, 1.807) is 40.0 Å². The Kier molecular flexibility index (Phi) is 6.39. The smallest absolute Gasteiger partial charge is 0.412 e. The van der Waals surface area contributed by atoms with Gasteiger partial charge in [-0.15, -0.1) is 0 Å². The van der Waals surface area contributed by atoms with Gasteiger partial charge in [0, 0.05) is 13.2 Å². The predicted molar refractivity (Wildman–Crippen MR) is 77.4 cm³/mol. The van der Waals surface area contributed by atoms with Crippen molar-refractivity contribution in [1.29, 1.82) is 0 Å². The molecular formula is C14H22N2O5. The van der Waals surface area contributed by atoms with E-state index in [1.165, 1.54) is 0 Å². The lowest BCUT2D eigenvalue weighted by molar-refractivity contribution is 0.0636. The highest BCUT2D eigenvalue weighted by Gasteiger charge is 2.16. The second-order valence-corrected chi connectivity index (χ2v) is 5.31. The van der Waals surface area contributed by atoms with Crippen LogP contribution in [-0.2, 0) is 16.1 Å². The number of aliphatic hydroxyl groups excluding tert-OH is 1. The van der Waals surface area contributed by atoms with Gasteiger partial charge in [-0.2, -0.15) is 0 Å². The van der Waals surface area contributed by atoms with Crippen LogP contribution in [0.15, 0.2) is 12.1 Å². The molecule has 0 saturated heterocycles. The molecule has 0 radical (unpaired) electrons. The van der Waals surface area contributed by atoms with Gasteiger partial charge in [0.1, 0.15) is 12.2 Å². The molecule has 0 aliphatic rings. The zero-order valence-electron chi connectivity index (χ0n) is 12.8. The standard InChI is InChI=1S/C14H22N2O5/c1-14(2,3)21-13(18)16-10-7-11(9-17)15-12(8-10)20-6-5-19-4/h7-8,17H,5-6,9H2,1-4H3,(H,15,16,18). The Labute approximate surface area is 124 Å². The summed E-state index contributed by atoms with van der Waals surface area (Å²) < 4.78 is 15.4. The fourth-order valence-electron chi connectivity index (χ4n) is 1.44. The van der Waals surface area contributed by atoms with E-state index < -0.39 is 11.7 Å². The van der Waals surface area contributed by atoms with Gasteiger partial charge in [-0.1, -0.05) is 0 Å². The maximum Gasteiger partial charge on any atom is 0.412 e. The number of hydrogen-bond donors (Lipinski definition) is 2. The molecule has 1 aromatic heterocycles. The molecule has 0 bridgehead atoms. The molecule has 0 spiro atoms. The topological polar surface area (TPSA) is 89.9 Å². The molecule has 0 atom stereocenters. The number of carbonyl (C=O) groups excluding carboxylic acids is 1. The van der Waals surface area contributed by atoms with Crippen LogP contribution in [0.3, 0.4) is 0 Å². The summed E-state index contributed by atoms with van der Waals surface area (Å²) in [4.78, 5) is 15.8. The zero-order chi connectivity index (χ0) is 15.9. The molecule has 1 heterocycles. The van der Waals surface area contributed by atoms with Gasteiger partial charge in [0.25, 0.3) is 0 Å². The van der Waals surface area contributed by atoms with Crippen LogP contribution < -0.4 is 10.1 Å². The van der Waals surface area contributed by atoms with Gasteiger partial charge in [-0.3, -0.25) is 5.32 Å². The van der Waals surface area contributed by atoms with Gasteiger partial charge in [-0.25, -0.2) is 9.78 Å². The van der Waals surface area contributed by atoms with Gasteiger partial charge in [0.2, 0.25) is 5.88 Å². The highest BCUT2D eigenvalue weighted by atomic mass is 16.6. The number of nitrogens with zero attached hydrogens (tertiary/aromatic N) is 1. The molecule has 0 fully saturated rings. The minimum absolute atomic E-state index is 0.259. The van der Waals surface area contributed by atoms with Crippen molar-refractivity contribution in [3.63, 3.8) is 0 Å². The largest absolute Gasteiger partial charge is 0.475 e. The molecule has 1 aromatic rings. The highest BCUT2D eigenvalue weighted by Crippen LogP contribution is 2.18. The van der Waals surface area contributed by atoms with Crippen molar-refractivity contribution in [3.05, 3.63) is 17.8 Å². The highest BCUT2D eigenvalue weighted by molar-refractivity contribution is 5.85. The predicted octanol–water partition coefficient (Wildman–Crippen LogP) is 1.95. The van der Waals surface area contributed by atoms with Crippen LogP contribution >= 0.6 is 0 Å². The first-order chi connectivity index (χ1) is 9.84. The summed E-state index contributed by atoms with van der Waals surface area (Å²) in [6.07, 6.45) is -0.583. The number of amides is 1. The van der Waals surface area contributed by atoms with Crippen molar-refractivity contribution in [2.24, 2.45) is 0 Å². The molecule has 0 unspecified atom stereocenters. The first kappa shape index (κ1) is 17.2. The normalized spacial score (nSPS) is 11.1. The first-order valence-corrected chi connectivity index (χ1v) is 6.57. The summed E-state index contributed by atoms with van der Waals surface area (Å²) in [6.45, 7) is 5.81. The van der Waals surface area contributed by atoms with Crippen molar-refractivity contribution >= 4 is 11.8 Å². The number of nitrogens with one attached hydrogen (secondary N) is 1. The molecule has 0 saturated carbocycles. The second-order valence-electron chi connectivity index (χ2n) is 5.31. The molecule has 0 aromatic carbocycles. The van der Waals surface area contributed by atoms with E-state index in [9.17, 15) is 9.90 Å². The van der Waals surface area contributed by atoms with Crippen molar-refractivity contribution in [2.45, 2.75) is 33.0 Å². The number of pyridine rings is 1. The zero-order valence-corrected chi connectivity index (χ0v) is 12.8. The SMILES string of the molecule is COCCOc1cc(NC(=O)OC(C)(C)C)cc(CO)n1. The number of aliphatic hydroxyl groups is 1. The number of aromatic nitrogens is 1. The van der Waals surface area contributed by atoms with E-state index >= 15 is 0 Å².